The van der Waals surface area contributed by atoms with Crippen LogP contribution in [0.15, 0.2) is 48.6 Å². The normalized spacial score (nSPS) is 15.0. The number of ether oxygens (including phenoxy) is 2. The van der Waals surface area contributed by atoms with E-state index in [1.165, 1.54) is 45.2 Å². The molecule has 3 atom stereocenters. The molecule has 0 aliphatic carbocycles. The van der Waals surface area contributed by atoms with Crippen LogP contribution in [0.4, 0.5) is 0 Å². The fourth-order valence-electron chi connectivity index (χ4n) is 2.71. The van der Waals surface area contributed by atoms with Crippen molar-refractivity contribution in [2.24, 2.45) is 5.73 Å². The van der Waals surface area contributed by atoms with E-state index in [1.54, 1.807) is 0 Å². The average Bonchev–Trinajstić information content (AvgIpc) is 2.80. The van der Waals surface area contributed by atoms with Gasteiger partial charge in [-0.25, -0.2) is 0 Å². The van der Waals surface area contributed by atoms with Crippen molar-refractivity contribution in [1.29, 1.82) is 0 Å². The monoisotopic (exact) mass is 467 g/mol. The van der Waals surface area contributed by atoms with Gasteiger partial charge in [0.2, 0.25) is 0 Å². The SMILES string of the molecule is CCCCC/C=C\C\C=C/C=C/C=C/[C@H](SC[C@H](N)C(=O)OC)[C@H](O)CCCC(=O)OC. The second kappa shape index (κ2) is 21.0. The Labute approximate surface area is 198 Å². The van der Waals surface area contributed by atoms with Gasteiger partial charge in [0.25, 0.3) is 0 Å². The number of aliphatic hydroxyl groups excluding tert-OH is 1. The van der Waals surface area contributed by atoms with E-state index in [4.69, 9.17) is 5.73 Å². The van der Waals surface area contributed by atoms with Gasteiger partial charge in [-0.3, -0.25) is 9.59 Å². The molecule has 0 saturated heterocycles. The number of esters is 2. The first kappa shape index (κ1) is 30.2. The maximum Gasteiger partial charge on any atom is 0.323 e. The van der Waals surface area contributed by atoms with E-state index < -0.39 is 18.1 Å². The molecule has 182 valence electrons. The van der Waals surface area contributed by atoms with Crippen LogP contribution in [0.1, 0.15) is 58.3 Å². The minimum Gasteiger partial charge on any atom is -0.469 e. The van der Waals surface area contributed by atoms with Crippen molar-refractivity contribution in [2.45, 2.75) is 75.7 Å². The highest BCUT2D eigenvalue weighted by Gasteiger charge is 2.21. The van der Waals surface area contributed by atoms with Gasteiger partial charge < -0.3 is 20.3 Å². The number of hydrogen-bond acceptors (Lipinski definition) is 7. The molecule has 0 aromatic heterocycles. The Bertz CT molecular complexity index is 615. The number of carbonyl (C=O) groups is 2. The maximum atomic E-state index is 11.5. The summed E-state index contributed by atoms with van der Waals surface area (Å²) in [7, 11) is 2.64. The van der Waals surface area contributed by atoms with E-state index in [1.807, 2.05) is 30.4 Å². The van der Waals surface area contributed by atoms with Crippen LogP contribution in [0.5, 0.6) is 0 Å². The molecule has 0 aromatic carbocycles. The lowest BCUT2D eigenvalue weighted by molar-refractivity contribution is -0.142. The van der Waals surface area contributed by atoms with E-state index in [0.29, 0.717) is 18.6 Å². The van der Waals surface area contributed by atoms with Crippen molar-refractivity contribution < 1.29 is 24.2 Å². The summed E-state index contributed by atoms with van der Waals surface area (Å²) < 4.78 is 9.28. The van der Waals surface area contributed by atoms with E-state index in [9.17, 15) is 14.7 Å². The molecule has 3 N–H and O–H groups in total. The van der Waals surface area contributed by atoms with E-state index in [2.05, 4.69) is 34.6 Å². The number of unbranched alkanes of at least 4 members (excludes halogenated alkanes) is 3. The second-order valence-electron chi connectivity index (χ2n) is 7.36. The Kier molecular flexibility index (Phi) is 19.8. The third kappa shape index (κ3) is 16.8. The summed E-state index contributed by atoms with van der Waals surface area (Å²) in [6, 6.07) is -0.753. The molecular weight excluding hydrogens is 426 g/mol. The lowest BCUT2D eigenvalue weighted by atomic mass is 10.1. The first-order valence-electron chi connectivity index (χ1n) is 11.3. The molecule has 32 heavy (non-hydrogen) atoms. The summed E-state index contributed by atoms with van der Waals surface area (Å²) in [5.41, 5.74) is 5.81. The molecule has 0 rings (SSSR count). The van der Waals surface area contributed by atoms with Crippen LogP contribution in [0, 0.1) is 0 Å². The van der Waals surface area contributed by atoms with Crippen molar-refractivity contribution in [3.8, 4) is 0 Å². The third-order valence-electron chi connectivity index (χ3n) is 4.64. The Hall–Kier alpha value is -1.83. The molecule has 0 spiro atoms. The van der Waals surface area contributed by atoms with Crippen LogP contribution in [-0.4, -0.2) is 54.4 Å². The topological polar surface area (TPSA) is 98.9 Å². The van der Waals surface area contributed by atoms with Gasteiger partial charge in [0.15, 0.2) is 0 Å². The fraction of sp³-hybridized carbons (Fsp3) is 0.600. The molecule has 0 bridgehead atoms. The van der Waals surface area contributed by atoms with Gasteiger partial charge in [-0.2, -0.15) is 0 Å². The predicted octanol–water partition coefficient (Wildman–Crippen LogP) is 4.49. The molecule has 0 heterocycles. The highest BCUT2D eigenvalue weighted by Crippen LogP contribution is 2.21. The average molecular weight is 468 g/mol. The van der Waals surface area contributed by atoms with Gasteiger partial charge in [-0.15, -0.1) is 11.8 Å². The van der Waals surface area contributed by atoms with Crippen LogP contribution in [0.2, 0.25) is 0 Å². The molecule has 0 amide bonds. The van der Waals surface area contributed by atoms with Gasteiger partial charge in [0.05, 0.1) is 20.3 Å². The summed E-state index contributed by atoms with van der Waals surface area (Å²) in [5, 5.41) is 10.3. The predicted molar refractivity (Wildman–Crippen MR) is 133 cm³/mol. The van der Waals surface area contributed by atoms with Crippen molar-refractivity contribution in [2.75, 3.05) is 20.0 Å². The quantitative estimate of drug-likeness (QED) is 0.133. The smallest absolute Gasteiger partial charge is 0.323 e. The number of allylic oxidation sites excluding steroid dienone is 7. The summed E-state index contributed by atoms with van der Waals surface area (Å²) in [6.45, 7) is 2.21. The number of hydrogen-bond donors (Lipinski definition) is 2. The largest absolute Gasteiger partial charge is 0.469 e. The van der Waals surface area contributed by atoms with Gasteiger partial charge >= 0.3 is 11.9 Å². The fourth-order valence-corrected chi connectivity index (χ4v) is 3.84. The summed E-state index contributed by atoms with van der Waals surface area (Å²) in [5.74, 6) is -0.454. The summed E-state index contributed by atoms with van der Waals surface area (Å²) >= 11 is 1.39. The Morgan fingerprint density at radius 3 is 2.44 bits per heavy atom. The molecule has 7 heteroatoms. The molecule has 0 fully saturated rings. The van der Waals surface area contributed by atoms with Crippen LogP contribution >= 0.6 is 11.8 Å². The standard InChI is InChI=1S/C25H41NO5S/c1-4-5-6-7-8-9-10-11-12-13-14-15-18-23(32-20-21(26)25(29)31-3)22(27)17-16-19-24(28)30-2/h8-9,11-15,18,21-23,27H,4-7,10,16-17,19-20,26H2,1-3H3/b9-8-,12-11-,14-13+,18-15+/t21-,22+,23-/m0/s1. The number of methoxy groups -OCH3 is 2. The molecule has 0 aromatic rings. The second-order valence-corrected chi connectivity index (χ2v) is 8.58. The lowest BCUT2D eigenvalue weighted by Gasteiger charge is -2.20. The molecule has 0 radical (unpaired) electrons. The van der Waals surface area contributed by atoms with Crippen LogP contribution in [0.3, 0.4) is 0 Å². The number of carbonyl (C=O) groups excluding carboxylic acids is 2. The molecular formula is C25H41NO5S. The highest BCUT2D eigenvalue weighted by atomic mass is 32.2. The number of rotatable bonds is 18. The molecule has 0 saturated carbocycles. The van der Waals surface area contributed by atoms with E-state index in [-0.39, 0.29) is 17.6 Å². The Morgan fingerprint density at radius 2 is 1.75 bits per heavy atom. The van der Waals surface area contributed by atoms with Crippen molar-refractivity contribution in [3.05, 3.63) is 48.6 Å². The van der Waals surface area contributed by atoms with E-state index in [0.717, 1.165) is 12.8 Å². The van der Waals surface area contributed by atoms with Crippen LogP contribution < -0.4 is 5.73 Å². The van der Waals surface area contributed by atoms with Crippen LogP contribution in [-0.2, 0) is 19.1 Å². The third-order valence-corrected chi connectivity index (χ3v) is 6.05. The van der Waals surface area contributed by atoms with Crippen molar-refractivity contribution in [3.63, 3.8) is 0 Å². The summed E-state index contributed by atoms with van der Waals surface area (Å²) in [4.78, 5) is 22.8. The zero-order chi connectivity index (χ0) is 24.0. The Morgan fingerprint density at radius 1 is 1.00 bits per heavy atom. The number of nitrogens with two attached hydrogens (primary N) is 1. The minimum absolute atomic E-state index is 0.258. The number of aliphatic hydroxyl groups is 1. The van der Waals surface area contributed by atoms with Gasteiger partial charge in [-0.05, 0) is 32.1 Å². The molecule has 6 nitrogen and oxygen atoms in total. The molecule has 0 aliphatic rings. The first-order chi connectivity index (χ1) is 15.5. The first-order valence-corrected chi connectivity index (χ1v) is 12.4. The van der Waals surface area contributed by atoms with Crippen molar-refractivity contribution in [1.82, 2.24) is 0 Å². The maximum absolute atomic E-state index is 11.5. The molecule has 0 aliphatic heterocycles. The van der Waals surface area contributed by atoms with Crippen LogP contribution in [0.25, 0.3) is 0 Å². The molecule has 0 unspecified atom stereocenters. The van der Waals surface area contributed by atoms with E-state index >= 15 is 0 Å². The number of thioether (sulfide) groups is 1. The highest BCUT2D eigenvalue weighted by molar-refractivity contribution is 8.00. The zero-order valence-electron chi connectivity index (χ0n) is 19.8. The lowest BCUT2D eigenvalue weighted by Crippen LogP contribution is -2.35. The summed E-state index contributed by atoms with van der Waals surface area (Å²) in [6.07, 6.45) is 22.4. The van der Waals surface area contributed by atoms with Gasteiger partial charge in [0.1, 0.15) is 6.04 Å². The van der Waals surface area contributed by atoms with Gasteiger partial charge in [-0.1, -0.05) is 68.4 Å². The van der Waals surface area contributed by atoms with Crippen molar-refractivity contribution >= 4 is 23.7 Å². The van der Waals surface area contributed by atoms with Gasteiger partial charge in [0, 0.05) is 17.4 Å². The minimum atomic E-state index is -0.753. The zero-order valence-corrected chi connectivity index (χ0v) is 20.6. The Balaban J connectivity index is 4.62.